The Morgan fingerprint density at radius 2 is 1.85 bits per heavy atom. The van der Waals surface area contributed by atoms with Crippen LogP contribution in [0.15, 0.2) is 42.6 Å². The number of nitrogens with zero attached hydrogens (tertiary/aromatic N) is 1. The summed E-state index contributed by atoms with van der Waals surface area (Å²) in [6.07, 6.45) is -2.44. The molecule has 0 saturated carbocycles. The van der Waals surface area contributed by atoms with Crippen LogP contribution in [0.5, 0.6) is 0 Å². The molecule has 1 atom stereocenters. The van der Waals surface area contributed by atoms with Crippen LogP contribution >= 0.6 is 0 Å². The van der Waals surface area contributed by atoms with E-state index in [9.17, 15) is 13.2 Å². The van der Waals surface area contributed by atoms with Crippen molar-refractivity contribution in [3.05, 3.63) is 65.0 Å². The first-order valence-electron chi connectivity index (χ1n) is 6.21. The summed E-state index contributed by atoms with van der Waals surface area (Å²) in [5, 5.41) is 0. The predicted molar refractivity (Wildman–Crippen MR) is 71.1 cm³/mol. The lowest BCUT2D eigenvalue weighted by atomic mass is 9.97. The first-order valence-corrected chi connectivity index (χ1v) is 6.21. The van der Waals surface area contributed by atoms with Crippen LogP contribution < -0.4 is 5.73 Å². The van der Waals surface area contributed by atoms with Crippen LogP contribution in [0.4, 0.5) is 13.2 Å². The van der Waals surface area contributed by atoms with Gasteiger partial charge >= 0.3 is 6.18 Å². The summed E-state index contributed by atoms with van der Waals surface area (Å²) < 4.78 is 38.8. The molecule has 0 aliphatic carbocycles. The second kappa shape index (κ2) is 5.63. The molecule has 2 N–H and O–H groups in total. The van der Waals surface area contributed by atoms with Gasteiger partial charge < -0.3 is 5.73 Å². The molecule has 1 aromatic heterocycles. The van der Waals surface area contributed by atoms with E-state index in [2.05, 4.69) is 4.98 Å². The Hall–Kier alpha value is -1.88. The number of nitrogens with two attached hydrogens (primary N) is 1. The van der Waals surface area contributed by atoms with Gasteiger partial charge in [0.1, 0.15) is 0 Å². The molecule has 5 heteroatoms. The molecule has 0 bridgehead atoms. The van der Waals surface area contributed by atoms with Gasteiger partial charge in [0.05, 0.1) is 5.56 Å². The lowest BCUT2D eigenvalue weighted by Crippen LogP contribution is -2.19. The van der Waals surface area contributed by atoms with Crippen molar-refractivity contribution < 1.29 is 13.2 Å². The van der Waals surface area contributed by atoms with E-state index >= 15 is 0 Å². The van der Waals surface area contributed by atoms with Gasteiger partial charge in [-0.1, -0.05) is 24.3 Å². The number of aryl methyl sites for hydroxylation is 1. The van der Waals surface area contributed by atoms with Crippen molar-refractivity contribution in [1.29, 1.82) is 0 Å². The summed E-state index contributed by atoms with van der Waals surface area (Å²) >= 11 is 0. The Labute approximate surface area is 115 Å². The molecular weight excluding hydrogens is 265 g/mol. The van der Waals surface area contributed by atoms with E-state index in [1.807, 2.05) is 13.0 Å². The van der Waals surface area contributed by atoms with Crippen molar-refractivity contribution in [1.82, 2.24) is 4.98 Å². The quantitative estimate of drug-likeness (QED) is 0.932. The van der Waals surface area contributed by atoms with E-state index < -0.39 is 17.8 Å². The van der Waals surface area contributed by atoms with Gasteiger partial charge in [-0.3, -0.25) is 4.98 Å². The smallest absolute Gasteiger partial charge is 0.324 e. The highest BCUT2D eigenvalue weighted by Crippen LogP contribution is 2.34. The molecule has 1 heterocycles. The zero-order chi connectivity index (χ0) is 14.8. The van der Waals surface area contributed by atoms with Gasteiger partial charge in [-0.25, -0.2) is 0 Å². The number of hydrogen-bond acceptors (Lipinski definition) is 2. The summed E-state index contributed by atoms with van der Waals surface area (Å²) in [6, 6.07) is 8.31. The minimum atomic E-state index is -4.39. The zero-order valence-electron chi connectivity index (χ0n) is 11.0. The average molecular weight is 280 g/mol. The summed E-state index contributed by atoms with van der Waals surface area (Å²) in [5.74, 6) is 0. The Morgan fingerprint density at radius 1 is 1.15 bits per heavy atom. The monoisotopic (exact) mass is 280 g/mol. The molecule has 1 aromatic carbocycles. The SMILES string of the molecule is Cc1ccc(CC(N)c2ccccc2C(F)(F)F)nc1. The van der Waals surface area contributed by atoms with Crippen molar-refractivity contribution in [3.8, 4) is 0 Å². The number of benzene rings is 1. The van der Waals surface area contributed by atoms with Gasteiger partial charge in [-0.15, -0.1) is 0 Å². The fourth-order valence-corrected chi connectivity index (χ4v) is 2.03. The molecule has 0 aliphatic heterocycles. The highest BCUT2D eigenvalue weighted by molar-refractivity contribution is 5.33. The number of alkyl halides is 3. The van der Waals surface area contributed by atoms with Crippen LogP contribution in [0.25, 0.3) is 0 Å². The molecule has 0 spiro atoms. The summed E-state index contributed by atoms with van der Waals surface area (Å²) in [4.78, 5) is 4.17. The van der Waals surface area contributed by atoms with Gasteiger partial charge in [-0.2, -0.15) is 13.2 Å². The maximum Gasteiger partial charge on any atom is 0.416 e. The van der Waals surface area contributed by atoms with E-state index in [1.165, 1.54) is 12.1 Å². The van der Waals surface area contributed by atoms with Crippen molar-refractivity contribution >= 4 is 0 Å². The van der Waals surface area contributed by atoms with E-state index in [4.69, 9.17) is 5.73 Å². The largest absolute Gasteiger partial charge is 0.416 e. The molecule has 2 rings (SSSR count). The molecule has 0 fully saturated rings. The van der Waals surface area contributed by atoms with E-state index in [-0.39, 0.29) is 12.0 Å². The van der Waals surface area contributed by atoms with Crippen molar-refractivity contribution in [2.75, 3.05) is 0 Å². The minimum Gasteiger partial charge on any atom is -0.324 e. The third-order valence-corrected chi connectivity index (χ3v) is 3.07. The van der Waals surface area contributed by atoms with Crippen LogP contribution in [0.1, 0.15) is 28.4 Å². The molecule has 2 nitrogen and oxygen atoms in total. The second-order valence-corrected chi connectivity index (χ2v) is 4.72. The zero-order valence-corrected chi connectivity index (χ0v) is 11.0. The van der Waals surface area contributed by atoms with E-state index in [0.29, 0.717) is 5.69 Å². The summed E-state index contributed by atoms with van der Waals surface area (Å²) in [6.45, 7) is 1.90. The molecule has 0 saturated heterocycles. The van der Waals surface area contributed by atoms with Crippen LogP contribution in [0, 0.1) is 6.92 Å². The van der Waals surface area contributed by atoms with Crippen LogP contribution in [-0.4, -0.2) is 4.98 Å². The number of halogens is 3. The highest BCUT2D eigenvalue weighted by atomic mass is 19.4. The van der Waals surface area contributed by atoms with E-state index in [1.54, 1.807) is 18.3 Å². The lowest BCUT2D eigenvalue weighted by Gasteiger charge is -2.18. The lowest BCUT2D eigenvalue weighted by molar-refractivity contribution is -0.138. The Bertz CT molecular complexity index is 576. The first kappa shape index (κ1) is 14.5. The van der Waals surface area contributed by atoms with Crippen molar-refractivity contribution in [2.24, 2.45) is 5.73 Å². The van der Waals surface area contributed by atoms with Crippen LogP contribution in [0.3, 0.4) is 0 Å². The number of hydrogen-bond donors (Lipinski definition) is 1. The third kappa shape index (κ3) is 3.36. The molecular formula is C15H15F3N2. The number of aromatic nitrogens is 1. The van der Waals surface area contributed by atoms with Crippen molar-refractivity contribution in [2.45, 2.75) is 25.6 Å². The summed E-state index contributed by atoms with van der Waals surface area (Å²) in [5.41, 5.74) is 7.02. The van der Waals surface area contributed by atoms with Gasteiger partial charge in [0.25, 0.3) is 0 Å². The molecule has 0 aliphatic rings. The van der Waals surface area contributed by atoms with Gasteiger partial charge in [0.15, 0.2) is 0 Å². The molecule has 2 aromatic rings. The number of pyridine rings is 1. The van der Waals surface area contributed by atoms with Gasteiger partial charge in [-0.05, 0) is 30.2 Å². The minimum absolute atomic E-state index is 0.0994. The molecule has 0 amide bonds. The third-order valence-electron chi connectivity index (χ3n) is 3.07. The Balaban J connectivity index is 2.25. The molecule has 20 heavy (non-hydrogen) atoms. The second-order valence-electron chi connectivity index (χ2n) is 4.72. The maximum atomic E-state index is 12.9. The fourth-order valence-electron chi connectivity index (χ4n) is 2.03. The highest BCUT2D eigenvalue weighted by Gasteiger charge is 2.34. The van der Waals surface area contributed by atoms with Crippen LogP contribution in [0.2, 0.25) is 0 Å². The Kier molecular flexibility index (Phi) is 4.09. The standard InChI is InChI=1S/C15H15F3N2/c1-10-6-7-11(20-9-10)8-14(19)12-4-2-3-5-13(12)15(16,17)18/h2-7,9,14H,8,19H2,1H3. The number of rotatable bonds is 3. The van der Waals surface area contributed by atoms with E-state index in [0.717, 1.165) is 11.6 Å². The average Bonchev–Trinajstić information content (AvgIpc) is 2.40. The molecule has 106 valence electrons. The fraction of sp³-hybridized carbons (Fsp3) is 0.267. The molecule has 1 unspecified atom stereocenters. The van der Waals surface area contributed by atoms with Gasteiger partial charge in [0.2, 0.25) is 0 Å². The summed E-state index contributed by atoms with van der Waals surface area (Å²) in [7, 11) is 0. The normalized spacial score (nSPS) is 13.2. The maximum absolute atomic E-state index is 12.9. The topological polar surface area (TPSA) is 38.9 Å². The van der Waals surface area contributed by atoms with Crippen molar-refractivity contribution in [3.63, 3.8) is 0 Å². The predicted octanol–water partition coefficient (Wildman–Crippen LogP) is 3.65. The first-order chi connectivity index (χ1) is 9.38. The van der Waals surface area contributed by atoms with Gasteiger partial charge in [0, 0.05) is 24.4 Å². The Morgan fingerprint density at radius 3 is 2.45 bits per heavy atom. The van der Waals surface area contributed by atoms with Crippen LogP contribution in [-0.2, 0) is 12.6 Å². The molecule has 0 radical (unpaired) electrons.